The van der Waals surface area contributed by atoms with E-state index < -0.39 is 9.84 Å². The molecular formula is C11H14N2O3S. The van der Waals surface area contributed by atoms with Crippen LogP contribution in [0.1, 0.15) is 10.4 Å². The molecule has 6 heteroatoms. The molecule has 0 saturated carbocycles. The van der Waals surface area contributed by atoms with Crippen LogP contribution in [0.5, 0.6) is 0 Å². The van der Waals surface area contributed by atoms with Gasteiger partial charge in [-0.3, -0.25) is 4.79 Å². The summed E-state index contributed by atoms with van der Waals surface area (Å²) >= 11 is 0. The van der Waals surface area contributed by atoms with Crippen LogP contribution in [0.15, 0.2) is 29.2 Å². The van der Waals surface area contributed by atoms with Crippen LogP contribution in [0.2, 0.25) is 0 Å². The summed E-state index contributed by atoms with van der Waals surface area (Å²) in [6.45, 7) is 1.52. The zero-order chi connectivity index (χ0) is 12.5. The topological polar surface area (TPSA) is 75.3 Å². The van der Waals surface area contributed by atoms with Gasteiger partial charge in [-0.2, -0.15) is 0 Å². The average Bonchev–Trinajstić information content (AvgIpc) is 2.22. The van der Waals surface area contributed by atoms with E-state index in [4.69, 9.17) is 0 Å². The fourth-order valence-corrected chi connectivity index (χ4v) is 2.19. The SMILES string of the molecule is CS(=O)(=O)c1cccc(C(=O)NC2CNC2)c1. The van der Waals surface area contributed by atoms with Gasteiger partial charge in [0.05, 0.1) is 10.9 Å². The number of benzene rings is 1. The Morgan fingerprint density at radius 1 is 1.41 bits per heavy atom. The quantitative estimate of drug-likeness (QED) is 0.783. The molecule has 1 fully saturated rings. The van der Waals surface area contributed by atoms with Crippen LogP contribution in [-0.4, -0.2) is 39.7 Å². The Hall–Kier alpha value is -1.40. The molecule has 92 valence electrons. The van der Waals surface area contributed by atoms with Crippen molar-refractivity contribution in [2.24, 2.45) is 0 Å². The van der Waals surface area contributed by atoms with Crippen molar-refractivity contribution in [2.75, 3.05) is 19.3 Å². The molecular weight excluding hydrogens is 240 g/mol. The first-order valence-electron chi connectivity index (χ1n) is 5.28. The van der Waals surface area contributed by atoms with E-state index in [1.807, 2.05) is 0 Å². The molecule has 0 aromatic heterocycles. The number of rotatable bonds is 3. The first-order valence-corrected chi connectivity index (χ1v) is 7.17. The Kier molecular flexibility index (Phi) is 3.17. The van der Waals surface area contributed by atoms with Crippen LogP contribution in [0, 0.1) is 0 Å². The Morgan fingerprint density at radius 2 is 2.12 bits per heavy atom. The number of hydrogen-bond acceptors (Lipinski definition) is 4. The molecule has 0 bridgehead atoms. The summed E-state index contributed by atoms with van der Waals surface area (Å²) in [5, 5.41) is 5.86. The number of hydrogen-bond donors (Lipinski definition) is 2. The van der Waals surface area contributed by atoms with Crippen LogP contribution in [-0.2, 0) is 9.84 Å². The zero-order valence-electron chi connectivity index (χ0n) is 9.43. The molecule has 0 aliphatic carbocycles. The van der Waals surface area contributed by atoms with Crippen molar-refractivity contribution in [3.63, 3.8) is 0 Å². The van der Waals surface area contributed by atoms with Crippen LogP contribution in [0.25, 0.3) is 0 Å². The van der Waals surface area contributed by atoms with Gasteiger partial charge in [0.25, 0.3) is 5.91 Å². The number of amides is 1. The lowest BCUT2D eigenvalue weighted by Crippen LogP contribution is -2.56. The van der Waals surface area contributed by atoms with Crippen LogP contribution in [0.3, 0.4) is 0 Å². The van der Waals surface area contributed by atoms with Gasteiger partial charge in [-0.05, 0) is 18.2 Å². The summed E-state index contributed by atoms with van der Waals surface area (Å²) < 4.78 is 22.7. The highest BCUT2D eigenvalue weighted by atomic mass is 32.2. The lowest BCUT2D eigenvalue weighted by molar-refractivity contribution is 0.0923. The van der Waals surface area contributed by atoms with E-state index in [0.717, 1.165) is 19.3 Å². The van der Waals surface area contributed by atoms with Gasteiger partial charge in [-0.1, -0.05) is 6.07 Å². The average molecular weight is 254 g/mol. The van der Waals surface area contributed by atoms with Crippen molar-refractivity contribution < 1.29 is 13.2 Å². The fourth-order valence-electron chi connectivity index (χ4n) is 1.53. The van der Waals surface area contributed by atoms with Crippen LogP contribution >= 0.6 is 0 Å². The van der Waals surface area contributed by atoms with E-state index in [0.29, 0.717) is 5.56 Å². The number of nitrogens with one attached hydrogen (secondary N) is 2. The molecule has 1 aliphatic heterocycles. The molecule has 1 heterocycles. The maximum atomic E-state index is 11.8. The van der Waals surface area contributed by atoms with E-state index in [1.54, 1.807) is 12.1 Å². The molecule has 17 heavy (non-hydrogen) atoms. The number of sulfone groups is 1. The largest absolute Gasteiger partial charge is 0.347 e. The first-order chi connectivity index (χ1) is 7.97. The Balaban J connectivity index is 2.17. The predicted octanol–water partition coefficient (Wildman–Crippen LogP) is -0.208. The second-order valence-electron chi connectivity index (χ2n) is 4.13. The minimum Gasteiger partial charge on any atom is -0.347 e. The normalized spacial score (nSPS) is 16.3. The van der Waals surface area contributed by atoms with Crippen LogP contribution < -0.4 is 10.6 Å². The molecule has 5 nitrogen and oxygen atoms in total. The van der Waals surface area contributed by atoms with Gasteiger partial charge in [0, 0.05) is 24.9 Å². The molecule has 0 radical (unpaired) electrons. The first kappa shape index (κ1) is 12.1. The van der Waals surface area contributed by atoms with Gasteiger partial charge < -0.3 is 10.6 Å². The highest BCUT2D eigenvalue weighted by molar-refractivity contribution is 7.90. The minimum absolute atomic E-state index is 0.143. The van der Waals surface area contributed by atoms with Crippen LogP contribution in [0.4, 0.5) is 0 Å². The molecule has 0 unspecified atom stereocenters. The summed E-state index contributed by atoms with van der Waals surface area (Å²) in [6, 6.07) is 6.21. The van der Waals surface area contributed by atoms with E-state index in [2.05, 4.69) is 10.6 Å². The minimum atomic E-state index is -3.27. The zero-order valence-corrected chi connectivity index (χ0v) is 10.3. The smallest absolute Gasteiger partial charge is 0.251 e. The second kappa shape index (κ2) is 4.46. The Morgan fingerprint density at radius 3 is 2.65 bits per heavy atom. The molecule has 2 N–H and O–H groups in total. The lowest BCUT2D eigenvalue weighted by Gasteiger charge is -2.27. The Labute approximate surface area is 100 Å². The summed E-state index contributed by atoms with van der Waals surface area (Å²) in [4.78, 5) is 12.0. The predicted molar refractivity (Wildman–Crippen MR) is 63.7 cm³/mol. The van der Waals surface area contributed by atoms with Gasteiger partial charge in [0.15, 0.2) is 9.84 Å². The third-order valence-corrected chi connectivity index (χ3v) is 3.75. The molecule has 0 spiro atoms. The van der Waals surface area contributed by atoms with E-state index in [9.17, 15) is 13.2 Å². The third-order valence-electron chi connectivity index (χ3n) is 2.64. The monoisotopic (exact) mass is 254 g/mol. The summed E-state index contributed by atoms with van der Waals surface area (Å²) in [7, 11) is -3.27. The lowest BCUT2D eigenvalue weighted by atomic mass is 10.1. The molecule has 1 saturated heterocycles. The maximum Gasteiger partial charge on any atom is 0.251 e. The Bertz CT molecular complexity index is 535. The molecule has 2 rings (SSSR count). The van der Waals surface area contributed by atoms with Crippen molar-refractivity contribution in [2.45, 2.75) is 10.9 Å². The third kappa shape index (κ3) is 2.83. The molecule has 1 aliphatic rings. The van der Waals surface area contributed by atoms with Crippen molar-refractivity contribution in [3.8, 4) is 0 Å². The standard InChI is InChI=1S/C11H14N2O3S/c1-17(15,16)10-4-2-3-8(5-10)11(14)13-9-6-12-7-9/h2-5,9,12H,6-7H2,1H3,(H,13,14). The molecule has 1 aromatic rings. The fraction of sp³-hybridized carbons (Fsp3) is 0.364. The number of carbonyl (C=O) groups excluding carboxylic acids is 1. The van der Waals surface area contributed by atoms with Gasteiger partial charge in [-0.15, -0.1) is 0 Å². The van der Waals surface area contributed by atoms with Gasteiger partial charge in [-0.25, -0.2) is 8.42 Å². The van der Waals surface area contributed by atoms with Crippen molar-refractivity contribution in [3.05, 3.63) is 29.8 Å². The molecule has 0 atom stereocenters. The highest BCUT2D eigenvalue weighted by Crippen LogP contribution is 2.11. The van der Waals surface area contributed by atoms with E-state index >= 15 is 0 Å². The highest BCUT2D eigenvalue weighted by Gasteiger charge is 2.20. The summed E-state index contributed by atoms with van der Waals surface area (Å²) in [5.41, 5.74) is 0.375. The number of carbonyl (C=O) groups is 1. The summed E-state index contributed by atoms with van der Waals surface area (Å²) in [5.74, 6) is -0.234. The van der Waals surface area contributed by atoms with Gasteiger partial charge >= 0.3 is 0 Å². The summed E-state index contributed by atoms with van der Waals surface area (Å²) in [6.07, 6.45) is 1.12. The van der Waals surface area contributed by atoms with E-state index in [-0.39, 0.29) is 16.8 Å². The van der Waals surface area contributed by atoms with Crippen molar-refractivity contribution in [1.82, 2.24) is 10.6 Å². The van der Waals surface area contributed by atoms with Crippen molar-refractivity contribution >= 4 is 15.7 Å². The molecule has 1 aromatic carbocycles. The van der Waals surface area contributed by atoms with Gasteiger partial charge in [0.2, 0.25) is 0 Å². The molecule has 1 amide bonds. The maximum absolute atomic E-state index is 11.8. The van der Waals surface area contributed by atoms with E-state index in [1.165, 1.54) is 12.1 Å². The van der Waals surface area contributed by atoms with Gasteiger partial charge in [0.1, 0.15) is 0 Å². The van der Waals surface area contributed by atoms with Crippen molar-refractivity contribution in [1.29, 1.82) is 0 Å². The second-order valence-corrected chi connectivity index (χ2v) is 6.14.